The van der Waals surface area contributed by atoms with Gasteiger partial charge in [-0.1, -0.05) is 18.2 Å². The molecule has 0 bridgehead atoms. The summed E-state index contributed by atoms with van der Waals surface area (Å²) < 4.78 is 15.4. The van der Waals surface area contributed by atoms with Crippen LogP contribution in [0.4, 0.5) is 4.39 Å². The highest BCUT2D eigenvalue weighted by Crippen LogP contribution is 2.34. The van der Waals surface area contributed by atoms with Crippen molar-refractivity contribution in [2.75, 3.05) is 13.1 Å². The Labute approximate surface area is 141 Å². The molecule has 0 saturated carbocycles. The molecule has 1 aliphatic rings. The molecule has 120 valence electrons. The largest absolute Gasteiger partial charge is 0.317 e. The van der Waals surface area contributed by atoms with Gasteiger partial charge in [-0.3, -0.25) is 0 Å². The fraction of sp³-hybridized carbons (Fsp3) is 0.263. The van der Waals surface area contributed by atoms with Gasteiger partial charge in [-0.05, 0) is 67.7 Å². The first-order chi connectivity index (χ1) is 10.8. The molecular formula is C19H20ClFN2. The third kappa shape index (κ3) is 2.99. The van der Waals surface area contributed by atoms with E-state index in [0.717, 1.165) is 18.8 Å². The standard InChI is InChI=1S/C19H19FN2.ClH/c20-15-5-7-16(8-6-15)22-13-18(14-9-11-21-12-10-14)17-3-1-2-4-19(17)22;/h1-8,13-14,21H,9-12H2;1H. The van der Waals surface area contributed by atoms with Gasteiger partial charge in [-0.15, -0.1) is 12.4 Å². The normalized spacial score (nSPS) is 15.5. The SMILES string of the molecule is Cl.Fc1ccc(-n2cc(C3CCNCC3)c3ccccc32)cc1. The fourth-order valence-electron chi connectivity index (χ4n) is 3.48. The van der Waals surface area contributed by atoms with Crippen LogP contribution < -0.4 is 5.32 Å². The fourth-order valence-corrected chi connectivity index (χ4v) is 3.48. The van der Waals surface area contributed by atoms with Gasteiger partial charge in [0.2, 0.25) is 0 Å². The van der Waals surface area contributed by atoms with Crippen molar-refractivity contribution < 1.29 is 4.39 Å². The Bertz CT molecular complexity index is 789. The van der Waals surface area contributed by atoms with Crippen LogP contribution in [0.15, 0.2) is 54.7 Å². The second-order valence-corrected chi connectivity index (χ2v) is 5.97. The van der Waals surface area contributed by atoms with E-state index in [0.29, 0.717) is 5.92 Å². The maximum absolute atomic E-state index is 13.2. The minimum atomic E-state index is -0.196. The number of nitrogens with zero attached hydrogens (tertiary/aromatic N) is 1. The predicted octanol–water partition coefficient (Wildman–Crippen LogP) is 4.66. The molecule has 4 heteroatoms. The monoisotopic (exact) mass is 330 g/mol. The number of para-hydroxylation sites is 1. The number of hydrogen-bond donors (Lipinski definition) is 1. The Morgan fingerprint density at radius 2 is 1.65 bits per heavy atom. The average Bonchev–Trinajstić information content (AvgIpc) is 2.96. The molecule has 1 aliphatic heterocycles. The molecule has 3 aromatic rings. The summed E-state index contributed by atoms with van der Waals surface area (Å²) >= 11 is 0. The van der Waals surface area contributed by atoms with Gasteiger partial charge < -0.3 is 9.88 Å². The number of rotatable bonds is 2. The second kappa shape index (κ2) is 6.73. The first-order valence-corrected chi connectivity index (χ1v) is 7.89. The van der Waals surface area contributed by atoms with E-state index >= 15 is 0 Å². The highest BCUT2D eigenvalue weighted by molar-refractivity contribution is 5.86. The van der Waals surface area contributed by atoms with Crippen molar-refractivity contribution in [3.63, 3.8) is 0 Å². The van der Waals surface area contributed by atoms with Gasteiger partial charge in [0.15, 0.2) is 0 Å². The van der Waals surface area contributed by atoms with Crippen LogP contribution in [-0.4, -0.2) is 17.7 Å². The van der Waals surface area contributed by atoms with Crippen molar-refractivity contribution in [3.05, 3.63) is 66.1 Å². The van der Waals surface area contributed by atoms with Crippen molar-refractivity contribution in [2.45, 2.75) is 18.8 Å². The molecule has 0 spiro atoms. The molecule has 4 rings (SSSR count). The van der Waals surface area contributed by atoms with Gasteiger partial charge in [0.1, 0.15) is 5.82 Å². The third-order valence-corrected chi connectivity index (χ3v) is 4.63. The van der Waals surface area contributed by atoms with Gasteiger partial charge in [0, 0.05) is 17.3 Å². The summed E-state index contributed by atoms with van der Waals surface area (Å²) in [6, 6.07) is 15.2. The molecule has 0 atom stereocenters. The zero-order chi connectivity index (χ0) is 14.9. The molecule has 0 radical (unpaired) electrons. The zero-order valence-corrected chi connectivity index (χ0v) is 13.7. The van der Waals surface area contributed by atoms with Crippen molar-refractivity contribution in [1.29, 1.82) is 0 Å². The van der Waals surface area contributed by atoms with Crippen LogP contribution in [-0.2, 0) is 0 Å². The number of piperidine rings is 1. The van der Waals surface area contributed by atoms with Gasteiger partial charge >= 0.3 is 0 Å². The van der Waals surface area contributed by atoms with E-state index < -0.39 is 0 Å². The summed E-state index contributed by atoms with van der Waals surface area (Å²) in [5.41, 5.74) is 3.63. The van der Waals surface area contributed by atoms with Crippen LogP contribution in [0.25, 0.3) is 16.6 Å². The van der Waals surface area contributed by atoms with E-state index in [1.54, 1.807) is 0 Å². The van der Waals surface area contributed by atoms with Gasteiger partial charge in [0.25, 0.3) is 0 Å². The third-order valence-electron chi connectivity index (χ3n) is 4.63. The van der Waals surface area contributed by atoms with Crippen LogP contribution in [0.1, 0.15) is 24.3 Å². The Morgan fingerprint density at radius 1 is 0.957 bits per heavy atom. The number of hydrogen-bond acceptors (Lipinski definition) is 1. The predicted molar refractivity (Wildman–Crippen MR) is 95.3 cm³/mol. The molecule has 2 aromatic carbocycles. The van der Waals surface area contributed by atoms with Crippen molar-refractivity contribution in [2.24, 2.45) is 0 Å². The van der Waals surface area contributed by atoms with Gasteiger partial charge in [-0.2, -0.15) is 0 Å². The second-order valence-electron chi connectivity index (χ2n) is 5.97. The molecule has 0 unspecified atom stereocenters. The summed E-state index contributed by atoms with van der Waals surface area (Å²) in [7, 11) is 0. The van der Waals surface area contributed by atoms with Crippen LogP contribution in [0.5, 0.6) is 0 Å². The lowest BCUT2D eigenvalue weighted by Crippen LogP contribution is -2.26. The lowest BCUT2D eigenvalue weighted by molar-refractivity contribution is 0.462. The Morgan fingerprint density at radius 3 is 2.39 bits per heavy atom. The van der Waals surface area contributed by atoms with Crippen LogP contribution >= 0.6 is 12.4 Å². The number of benzene rings is 2. The van der Waals surface area contributed by atoms with E-state index in [4.69, 9.17) is 0 Å². The molecule has 0 amide bonds. The number of halogens is 2. The number of nitrogens with one attached hydrogen (secondary N) is 1. The molecule has 1 N–H and O–H groups in total. The van der Waals surface area contributed by atoms with Crippen LogP contribution in [0, 0.1) is 5.82 Å². The first kappa shape index (κ1) is 16.0. The highest BCUT2D eigenvalue weighted by Gasteiger charge is 2.20. The lowest BCUT2D eigenvalue weighted by Gasteiger charge is -2.22. The van der Waals surface area contributed by atoms with Crippen molar-refractivity contribution in [3.8, 4) is 5.69 Å². The molecule has 1 saturated heterocycles. The Balaban J connectivity index is 0.00000156. The minimum absolute atomic E-state index is 0. The summed E-state index contributed by atoms with van der Waals surface area (Å²) in [5, 5.41) is 4.75. The molecule has 23 heavy (non-hydrogen) atoms. The van der Waals surface area contributed by atoms with Gasteiger partial charge in [-0.25, -0.2) is 4.39 Å². The van der Waals surface area contributed by atoms with Crippen molar-refractivity contribution in [1.82, 2.24) is 9.88 Å². The average molecular weight is 331 g/mol. The summed E-state index contributed by atoms with van der Waals surface area (Å²) in [6.45, 7) is 2.17. The zero-order valence-electron chi connectivity index (χ0n) is 12.8. The first-order valence-electron chi connectivity index (χ1n) is 7.89. The van der Waals surface area contributed by atoms with Crippen molar-refractivity contribution >= 4 is 23.3 Å². The number of aromatic nitrogens is 1. The van der Waals surface area contributed by atoms with Gasteiger partial charge in [0.05, 0.1) is 5.52 Å². The molecule has 2 nitrogen and oxygen atoms in total. The smallest absolute Gasteiger partial charge is 0.123 e. The molecular weight excluding hydrogens is 311 g/mol. The van der Waals surface area contributed by atoms with Crippen LogP contribution in [0.3, 0.4) is 0 Å². The molecule has 1 fully saturated rings. The topological polar surface area (TPSA) is 17.0 Å². The van der Waals surface area contributed by atoms with E-state index in [9.17, 15) is 4.39 Å². The maximum Gasteiger partial charge on any atom is 0.123 e. The highest BCUT2D eigenvalue weighted by atomic mass is 35.5. The molecule has 0 aliphatic carbocycles. The Kier molecular flexibility index (Phi) is 4.69. The van der Waals surface area contributed by atoms with E-state index in [1.807, 2.05) is 12.1 Å². The summed E-state index contributed by atoms with van der Waals surface area (Å²) in [5.74, 6) is 0.409. The summed E-state index contributed by atoms with van der Waals surface area (Å²) in [6.07, 6.45) is 4.60. The minimum Gasteiger partial charge on any atom is -0.317 e. The van der Waals surface area contributed by atoms with E-state index in [-0.39, 0.29) is 18.2 Å². The lowest BCUT2D eigenvalue weighted by atomic mass is 9.90. The maximum atomic E-state index is 13.2. The molecule has 1 aromatic heterocycles. The molecule has 2 heterocycles. The van der Waals surface area contributed by atoms with E-state index in [2.05, 4.69) is 40.3 Å². The quantitative estimate of drug-likeness (QED) is 0.723. The number of fused-ring (bicyclic) bond motifs is 1. The van der Waals surface area contributed by atoms with E-state index in [1.165, 1.54) is 41.4 Å². The Hall–Kier alpha value is -1.84. The summed E-state index contributed by atoms with van der Waals surface area (Å²) in [4.78, 5) is 0. The van der Waals surface area contributed by atoms with Crippen LogP contribution in [0.2, 0.25) is 0 Å².